The zero-order valence-electron chi connectivity index (χ0n) is 12.5. The molecule has 0 aliphatic carbocycles. The van der Waals surface area contributed by atoms with E-state index < -0.39 is 11.4 Å². The van der Waals surface area contributed by atoms with Crippen molar-refractivity contribution in [2.24, 2.45) is 5.41 Å². The summed E-state index contributed by atoms with van der Waals surface area (Å²) in [7, 11) is 0. The largest absolute Gasteiger partial charge is 0.494 e. The van der Waals surface area contributed by atoms with Crippen molar-refractivity contribution < 1.29 is 19.4 Å². The Morgan fingerprint density at radius 1 is 1.33 bits per heavy atom. The van der Waals surface area contributed by atoms with Crippen LogP contribution in [0, 0.1) is 5.41 Å². The molecule has 1 aliphatic rings. The Balaban J connectivity index is 1.94. The van der Waals surface area contributed by atoms with E-state index in [1.807, 2.05) is 31.2 Å². The third-order valence-electron chi connectivity index (χ3n) is 3.93. The zero-order valence-corrected chi connectivity index (χ0v) is 12.5. The first-order valence-corrected chi connectivity index (χ1v) is 7.17. The number of hydrogen-bond acceptors (Lipinski definition) is 3. The predicted octanol–water partition coefficient (Wildman–Crippen LogP) is 1.95. The van der Waals surface area contributed by atoms with Crippen LogP contribution in [0.25, 0.3) is 0 Å². The average molecular weight is 291 g/mol. The maximum absolute atomic E-state index is 12.2. The van der Waals surface area contributed by atoms with Crippen molar-refractivity contribution in [3.8, 4) is 5.75 Å². The minimum atomic E-state index is -0.834. The van der Waals surface area contributed by atoms with Crippen LogP contribution in [0.3, 0.4) is 0 Å². The number of rotatable bonds is 5. The van der Waals surface area contributed by atoms with Crippen LogP contribution in [0.4, 0.5) is 0 Å². The Labute approximate surface area is 124 Å². The molecule has 1 N–H and O–H groups in total. The molecule has 21 heavy (non-hydrogen) atoms. The smallest absolute Gasteiger partial charge is 0.311 e. The van der Waals surface area contributed by atoms with Crippen LogP contribution >= 0.6 is 0 Å². The van der Waals surface area contributed by atoms with Crippen molar-refractivity contribution in [2.75, 3.05) is 19.7 Å². The zero-order chi connectivity index (χ0) is 15.5. The lowest BCUT2D eigenvalue weighted by molar-refractivity contribution is -0.147. The molecule has 1 atom stereocenters. The summed E-state index contributed by atoms with van der Waals surface area (Å²) in [4.78, 5) is 25.1. The molecule has 1 amide bonds. The maximum atomic E-state index is 12.2. The van der Waals surface area contributed by atoms with Crippen molar-refractivity contribution in [1.29, 1.82) is 0 Å². The molecular formula is C16H21NO4. The SMILES string of the molecule is CCOc1ccc(CC(=O)N2CC[C@](C)(C(=O)O)C2)cc1. The molecule has 1 aliphatic heterocycles. The lowest BCUT2D eigenvalue weighted by Gasteiger charge is -2.20. The molecule has 0 unspecified atom stereocenters. The van der Waals surface area contributed by atoms with Crippen LogP contribution in [-0.2, 0) is 16.0 Å². The van der Waals surface area contributed by atoms with Gasteiger partial charge >= 0.3 is 5.97 Å². The van der Waals surface area contributed by atoms with Gasteiger partial charge in [-0.05, 0) is 38.0 Å². The molecule has 0 bridgehead atoms. The second kappa shape index (κ2) is 6.16. The monoisotopic (exact) mass is 291 g/mol. The van der Waals surface area contributed by atoms with Gasteiger partial charge in [-0.3, -0.25) is 9.59 Å². The van der Waals surface area contributed by atoms with Crippen molar-refractivity contribution in [1.82, 2.24) is 4.90 Å². The Hall–Kier alpha value is -2.04. The summed E-state index contributed by atoms with van der Waals surface area (Å²) in [6, 6.07) is 7.43. The normalized spacial score (nSPS) is 21.3. The molecule has 0 aromatic heterocycles. The predicted molar refractivity (Wildman–Crippen MR) is 78.3 cm³/mol. The molecule has 0 spiro atoms. The van der Waals surface area contributed by atoms with Gasteiger partial charge < -0.3 is 14.7 Å². The van der Waals surface area contributed by atoms with Crippen molar-refractivity contribution in [2.45, 2.75) is 26.7 Å². The third kappa shape index (κ3) is 3.54. The Morgan fingerprint density at radius 3 is 2.52 bits per heavy atom. The Bertz CT molecular complexity index is 526. The van der Waals surface area contributed by atoms with E-state index in [1.54, 1.807) is 11.8 Å². The van der Waals surface area contributed by atoms with E-state index in [0.29, 0.717) is 26.0 Å². The number of aliphatic carboxylic acids is 1. The van der Waals surface area contributed by atoms with Gasteiger partial charge in [0.2, 0.25) is 5.91 Å². The second-order valence-electron chi connectivity index (χ2n) is 5.68. The molecule has 1 fully saturated rings. The first-order valence-electron chi connectivity index (χ1n) is 7.17. The highest BCUT2D eigenvalue weighted by atomic mass is 16.5. The van der Waals surface area contributed by atoms with Crippen LogP contribution < -0.4 is 4.74 Å². The first kappa shape index (κ1) is 15.4. The molecule has 0 radical (unpaired) electrons. The highest BCUT2D eigenvalue weighted by molar-refractivity contribution is 5.82. The number of likely N-dealkylation sites (tertiary alicyclic amines) is 1. The molecule has 0 saturated carbocycles. The summed E-state index contributed by atoms with van der Waals surface area (Å²) in [5.41, 5.74) is 0.0986. The molecule has 2 rings (SSSR count). The number of amides is 1. The molecule has 1 aromatic rings. The number of nitrogens with zero attached hydrogens (tertiary/aromatic N) is 1. The third-order valence-corrected chi connectivity index (χ3v) is 3.93. The number of carboxylic acids is 1. The van der Waals surface area contributed by atoms with Gasteiger partial charge in [0.25, 0.3) is 0 Å². The summed E-state index contributed by atoms with van der Waals surface area (Å²) < 4.78 is 5.36. The second-order valence-corrected chi connectivity index (χ2v) is 5.68. The molecular weight excluding hydrogens is 270 g/mol. The van der Waals surface area contributed by atoms with E-state index in [1.165, 1.54) is 0 Å². The molecule has 1 heterocycles. The van der Waals surface area contributed by atoms with Crippen LogP contribution in [-0.4, -0.2) is 41.6 Å². The van der Waals surface area contributed by atoms with Crippen LogP contribution in [0.5, 0.6) is 5.75 Å². The summed E-state index contributed by atoms with van der Waals surface area (Å²) in [5.74, 6) is -0.0728. The molecule has 5 heteroatoms. The molecule has 114 valence electrons. The van der Waals surface area contributed by atoms with Gasteiger partial charge in [0.05, 0.1) is 18.4 Å². The van der Waals surface area contributed by atoms with Gasteiger partial charge in [-0.2, -0.15) is 0 Å². The highest BCUT2D eigenvalue weighted by Gasteiger charge is 2.41. The van der Waals surface area contributed by atoms with Crippen molar-refractivity contribution >= 4 is 11.9 Å². The van der Waals surface area contributed by atoms with Crippen LogP contribution in [0.2, 0.25) is 0 Å². The van der Waals surface area contributed by atoms with Gasteiger partial charge in [0, 0.05) is 13.1 Å². The fourth-order valence-electron chi connectivity index (χ4n) is 2.51. The number of benzene rings is 1. The molecule has 1 aromatic carbocycles. The fraction of sp³-hybridized carbons (Fsp3) is 0.500. The lowest BCUT2D eigenvalue weighted by Crippen LogP contribution is -2.35. The van der Waals surface area contributed by atoms with Gasteiger partial charge in [-0.15, -0.1) is 0 Å². The lowest BCUT2D eigenvalue weighted by atomic mass is 9.90. The number of carbonyl (C=O) groups excluding carboxylic acids is 1. The summed E-state index contributed by atoms with van der Waals surface area (Å²) in [6.07, 6.45) is 0.805. The minimum Gasteiger partial charge on any atom is -0.494 e. The van der Waals surface area contributed by atoms with E-state index in [9.17, 15) is 14.7 Å². The maximum Gasteiger partial charge on any atom is 0.311 e. The Kier molecular flexibility index (Phi) is 4.50. The average Bonchev–Trinajstić information content (AvgIpc) is 2.85. The highest BCUT2D eigenvalue weighted by Crippen LogP contribution is 2.30. The van der Waals surface area contributed by atoms with Crippen molar-refractivity contribution in [3.63, 3.8) is 0 Å². The molecule has 5 nitrogen and oxygen atoms in total. The topological polar surface area (TPSA) is 66.8 Å². The van der Waals surface area contributed by atoms with E-state index in [0.717, 1.165) is 11.3 Å². The quantitative estimate of drug-likeness (QED) is 0.900. The molecule has 1 saturated heterocycles. The van der Waals surface area contributed by atoms with Crippen LogP contribution in [0.1, 0.15) is 25.8 Å². The van der Waals surface area contributed by atoms with E-state index in [4.69, 9.17) is 4.74 Å². The summed E-state index contributed by atoms with van der Waals surface area (Å²) in [6.45, 7) is 5.03. The Morgan fingerprint density at radius 2 is 2.00 bits per heavy atom. The van der Waals surface area contributed by atoms with Gasteiger partial charge in [-0.1, -0.05) is 12.1 Å². The summed E-state index contributed by atoms with van der Waals surface area (Å²) in [5, 5.41) is 9.19. The van der Waals surface area contributed by atoms with Gasteiger partial charge in [0.1, 0.15) is 5.75 Å². The standard InChI is InChI=1S/C16H21NO4/c1-3-21-13-6-4-12(5-7-13)10-14(18)17-9-8-16(2,11-17)15(19)20/h4-7H,3,8-11H2,1-2H3,(H,19,20)/t16-/m0/s1. The van der Waals surface area contributed by atoms with Gasteiger partial charge in [0.15, 0.2) is 0 Å². The number of carbonyl (C=O) groups is 2. The number of hydrogen-bond donors (Lipinski definition) is 1. The van der Waals surface area contributed by atoms with Crippen LogP contribution in [0.15, 0.2) is 24.3 Å². The first-order chi connectivity index (χ1) is 9.94. The van der Waals surface area contributed by atoms with E-state index in [2.05, 4.69) is 0 Å². The number of carboxylic acid groups (broad SMARTS) is 1. The van der Waals surface area contributed by atoms with Crippen molar-refractivity contribution in [3.05, 3.63) is 29.8 Å². The number of ether oxygens (including phenoxy) is 1. The minimum absolute atomic E-state index is 0.0239. The van der Waals surface area contributed by atoms with E-state index in [-0.39, 0.29) is 12.5 Å². The van der Waals surface area contributed by atoms with E-state index >= 15 is 0 Å². The van der Waals surface area contributed by atoms with Gasteiger partial charge in [-0.25, -0.2) is 0 Å². The summed E-state index contributed by atoms with van der Waals surface area (Å²) >= 11 is 0. The fourth-order valence-corrected chi connectivity index (χ4v) is 2.51.